The number of rotatable bonds is 5. The maximum atomic E-state index is 13.6. The van der Waals surface area contributed by atoms with Gasteiger partial charge in [0.05, 0.1) is 17.0 Å². The summed E-state index contributed by atoms with van der Waals surface area (Å²) in [6.45, 7) is 0.211. The molecular weight excluding hydrogens is 257 g/mol. The zero-order valence-corrected chi connectivity index (χ0v) is 11.1. The Morgan fingerprint density at radius 2 is 2.11 bits per heavy atom. The Hall–Kier alpha value is -1.63. The van der Waals surface area contributed by atoms with Crippen molar-refractivity contribution in [2.75, 3.05) is 30.5 Å². The number of nitrogen functional groups attached to an aromatic ring is 1. The highest BCUT2D eigenvalue weighted by atomic mass is 32.2. The first-order chi connectivity index (χ1) is 8.22. The summed E-state index contributed by atoms with van der Waals surface area (Å²) in [6.07, 6.45) is 1.14. The summed E-state index contributed by atoms with van der Waals surface area (Å²) in [5.74, 6) is -1.02. The lowest BCUT2D eigenvalue weighted by molar-refractivity contribution is 0.601. The van der Waals surface area contributed by atoms with Crippen LogP contribution in [0.1, 0.15) is 5.56 Å². The molecule has 18 heavy (non-hydrogen) atoms. The lowest BCUT2D eigenvalue weighted by atomic mass is 10.1. The van der Waals surface area contributed by atoms with Gasteiger partial charge < -0.3 is 10.6 Å². The Morgan fingerprint density at radius 1 is 1.50 bits per heavy atom. The number of sulfone groups is 1. The number of benzene rings is 1. The van der Waals surface area contributed by atoms with Gasteiger partial charge in [0.2, 0.25) is 0 Å². The van der Waals surface area contributed by atoms with Crippen LogP contribution in [0.25, 0.3) is 0 Å². The molecule has 1 aromatic carbocycles. The van der Waals surface area contributed by atoms with Gasteiger partial charge in [-0.1, -0.05) is 6.07 Å². The minimum Gasteiger partial charge on any atom is -0.384 e. The molecule has 5 nitrogen and oxygen atoms in total. The number of amidine groups is 1. The zero-order chi connectivity index (χ0) is 13.9. The fourth-order valence-corrected chi connectivity index (χ4v) is 2.13. The van der Waals surface area contributed by atoms with Crippen molar-refractivity contribution in [1.82, 2.24) is 0 Å². The number of nitrogens with one attached hydrogen (secondary N) is 1. The highest BCUT2D eigenvalue weighted by molar-refractivity contribution is 7.90. The SMILES string of the molecule is CN(CCS(C)(=O)=O)c1cccc(F)c1C(=N)N. The number of hydrogen-bond acceptors (Lipinski definition) is 4. The predicted molar refractivity (Wildman–Crippen MR) is 70.4 cm³/mol. The third-order valence-electron chi connectivity index (χ3n) is 2.47. The van der Waals surface area contributed by atoms with Crippen molar-refractivity contribution in [2.24, 2.45) is 5.73 Å². The van der Waals surface area contributed by atoms with Gasteiger partial charge in [0.15, 0.2) is 0 Å². The number of nitrogens with zero attached hydrogens (tertiary/aromatic N) is 1. The minimum atomic E-state index is -3.09. The van der Waals surface area contributed by atoms with Crippen molar-refractivity contribution < 1.29 is 12.8 Å². The second-order valence-electron chi connectivity index (χ2n) is 4.10. The van der Waals surface area contributed by atoms with Crippen LogP contribution >= 0.6 is 0 Å². The van der Waals surface area contributed by atoms with Crippen molar-refractivity contribution in [3.05, 3.63) is 29.6 Å². The van der Waals surface area contributed by atoms with E-state index in [1.807, 2.05) is 0 Å². The molecule has 0 aliphatic heterocycles. The molecule has 0 saturated carbocycles. The van der Waals surface area contributed by atoms with E-state index in [-0.39, 0.29) is 23.7 Å². The Morgan fingerprint density at radius 3 is 2.61 bits per heavy atom. The Kier molecular flexibility index (Phi) is 4.28. The highest BCUT2D eigenvalue weighted by Gasteiger charge is 2.15. The smallest absolute Gasteiger partial charge is 0.149 e. The molecule has 100 valence electrons. The van der Waals surface area contributed by atoms with E-state index in [2.05, 4.69) is 0 Å². The molecule has 3 N–H and O–H groups in total. The average Bonchev–Trinajstić information content (AvgIpc) is 2.24. The van der Waals surface area contributed by atoms with Crippen LogP contribution in [0.2, 0.25) is 0 Å². The van der Waals surface area contributed by atoms with E-state index in [0.29, 0.717) is 5.69 Å². The van der Waals surface area contributed by atoms with E-state index >= 15 is 0 Å². The Balaban J connectivity index is 3.02. The molecule has 1 aromatic rings. The summed E-state index contributed by atoms with van der Waals surface area (Å²) in [5.41, 5.74) is 5.74. The van der Waals surface area contributed by atoms with Crippen LogP contribution in [-0.4, -0.2) is 39.9 Å². The van der Waals surface area contributed by atoms with Crippen LogP contribution < -0.4 is 10.6 Å². The summed E-state index contributed by atoms with van der Waals surface area (Å²) in [4.78, 5) is 1.57. The maximum Gasteiger partial charge on any atom is 0.149 e. The van der Waals surface area contributed by atoms with Crippen LogP contribution in [0, 0.1) is 11.2 Å². The molecule has 0 spiro atoms. The van der Waals surface area contributed by atoms with E-state index in [1.54, 1.807) is 18.0 Å². The molecule has 0 atom stereocenters. The number of hydrogen-bond donors (Lipinski definition) is 2. The molecule has 0 saturated heterocycles. The number of halogens is 1. The van der Waals surface area contributed by atoms with Gasteiger partial charge in [-0.25, -0.2) is 12.8 Å². The van der Waals surface area contributed by atoms with Crippen molar-refractivity contribution >= 4 is 21.4 Å². The molecule has 0 unspecified atom stereocenters. The first-order valence-electron chi connectivity index (χ1n) is 5.24. The first kappa shape index (κ1) is 14.4. The summed E-state index contributed by atoms with van der Waals surface area (Å²) in [7, 11) is -1.46. The molecule has 1 rings (SSSR count). The van der Waals surface area contributed by atoms with Crippen molar-refractivity contribution in [3.8, 4) is 0 Å². The second kappa shape index (κ2) is 5.34. The molecule has 0 fully saturated rings. The van der Waals surface area contributed by atoms with E-state index in [9.17, 15) is 12.8 Å². The number of anilines is 1. The fraction of sp³-hybridized carbons (Fsp3) is 0.364. The minimum absolute atomic E-state index is 0.00602. The van der Waals surface area contributed by atoms with Crippen LogP contribution in [0.15, 0.2) is 18.2 Å². The van der Waals surface area contributed by atoms with E-state index in [4.69, 9.17) is 11.1 Å². The first-order valence-corrected chi connectivity index (χ1v) is 7.30. The van der Waals surface area contributed by atoms with E-state index < -0.39 is 15.7 Å². The van der Waals surface area contributed by atoms with Crippen molar-refractivity contribution in [3.63, 3.8) is 0 Å². The van der Waals surface area contributed by atoms with Gasteiger partial charge in [0.25, 0.3) is 0 Å². The van der Waals surface area contributed by atoms with Crippen LogP contribution in [-0.2, 0) is 9.84 Å². The standard InChI is InChI=1S/C11H16FN3O2S/c1-15(6-7-18(2,16)17)9-5-3-4-8(12)10(9)11(13)14/h3-5H,6-7H2,1-2H3,(H3,13,14). The van der Waals surface area contributed by atoms with Gasteiger partial charge in [0.1, 0.15) is 21.5 Å². The zero-order valence-electron chi connectivity index (χ0n) is 10.3. The highest BCUT2D eigenvalue weighted by Crippen LogP contribution is 2.21. The van der Waals surface area contributed by atoms with Gasteiger partial charge in [-0.3, -0.25) is 5.41 Å². The molecule has 0 heterocycles. The third-order valence-corrected chi connectivity index (χ3v) is 3.39. The molecule has 0 aliphatic rings. The monoisotopic (exact) mass is 273 g/mol. The lowest BCUT2D eigenvalue weighted by Crippen LogP contribution is -2.28. The quantitative estimate of drug-likeness (QED) is 0.607. The van der Waals surface area contributed by atoms with E-state index in [1.165, 1.54) is 12.1 Å². The largest absolute Gasteiger partial charge is 0.384 e. The van der Waals surface area contributed by atoms with Crippen LogP contribution in [0.4, 0.5) is 10.1 Å². The summed E-state index contributed by atoms with van der Waals surface area (Å²) in [6, 6.07) is 4.31. The Bertz CT molecular complexity index is 557. The van der Waals surface area contributed by atoms with Crippen LogP contribution in [0.3, 0.4) is 0 Å². The maximum absolute atomic E-state index is 13.6. The van der Waals surface area contributed by atoms with Gasteiger partial charge in [-0.2, -0.15) is 0 Å². The van der Waals surface area contributed by atoms with Gasteiger partial charge in [-0.15, -0.1) is 0 Å². The van der Waals surface area contributed by atoms with E-state index in [0.717, 1.165) is 6.26 Å². The summed E-state index contributed by atoms with van der Waals surface area (Å²) >= 11 is 0. The number of nitrogens with two attached hydrogens (primary N) is 1. The summed E-state index contributed by atoms with van der Waals surface area (Å²) < 4.78 is 35.7. The fourth-order valence-electron chi connectivity index (χ4n) is 1.52. The molecule has 0 aliphatic carbocycles. The lowest BCUT2D eigenvalue weighted by Gasteiger charge is -2.21. The third kappa shape index (κ3) is 3.69. The van der Waals surface area contributed by atoms with Crippen molar-refractivity contribution in [1.29, 1.82) is 5.41 Å². The molecular formula is C11H16FN3O2S. The molecule has 0 bridgehead atoms. The summed E-state index contributed by atoms with van der Waals surface area (Å²) in [5, 5.41) is 7.36. The predicted octanol–water partition coefficient (Wildman–Crippen LogP) is 0.591. The average molecular weight is 273 g/mol. The molecule has 0 amide bonds. The van der Waals surface area contributed by atoms with Gasteiger partial charge in [-0.05, 0) is 12.1 Å². The van der Waals surface area contributed by atoms with Crippen molar-refractivity contribution in [2.45, 2.75) is 0 Å². The topological polar surface area (TPSA) is 87.2 Å². The second-order valence-corrected chi connectivity index (χ2v) is 6.36. The molecule has 0 aromatic heterocycles. The molecule has 0 radical (unpaired) electrons. The normalized spacial score (nSPS) is 11.3. The Labute approximate surface area is 106 Å². The molecule has 7 heteroatoms. The van der Waals surface area contributed by atoms with Crippen LogP contribution in [0.5, 0.6) is 0 Å². The van der Waals surface area contributed by atoms with Gasteiger partial charge in [0, 0.05) is 19.8 Å². The van der Waals surface area contributed by atoms with Gasteiger partial charge >= 0.3 is 0 Å².